The molecule has 7 heteroatoms. The molecule has 0 aliphatic carbocycles. The normalized spacial score (nSPS) is 11.1. The van der Waals surface area contributed by atoms with Crippen molar-refractivity contribution < 1.29 is 13.9 Å². The zero-order valence-electron chi connectivity index (χ0n) is 17.2. The lowest BCUT2D eigenvalue weighted by molar-refractivity contribution is 0.0473. The first-order chi connectivity index (χ1) is 14.3. The minimum Gasteiger partial charge on any atom is -0.457 e. The van der Waals surface area contributed by atoms with Crippen molar-refractivity contribution in [2.75, 3.05) is 0 Å². The Bertz CT molecular complexity index is 1320. The lowest BCUT2D eigenvalue weighted by Crippen LogP contribution is -2.09. The summed E-state index contributed by atoms with van der Waals surface area (Å²) >= 11 is 0. The standard InChI is InChI=1S/C23H21N3O4/c1-13-5-7-19-18(10-21(27)30-22(19)16(13)4)12-29-23(28)17-6-8-20(24-11-17)26-15(3)9-14(2)25-26/h5-11H,12H2,1-4H3. The van der Waals surface area contributed by atoms with Gasteiger partial charge in [0.15, 0.2) is 5.82 Å². The van der Waals surface area contributed by atoms with Gasteiger partial charge in [0.2, 0.25) is 0 Å². The van der Waals surface area contributed by atoms with Gasteiger partial charge in [0, 0.05) is 28.9 Å². The van der Waals surface area contributed by atoms with Gasteiger partial charge >= 0.3 is 11.6 Å². The van der Waals surface area contributed by atoms with E-state index in [2.05, 4.69) is 10.1 Å². The molecule has 1 aromatic carbocycles. The van der Waals surface area contributed by atoms with Crippen LogP contribution in [0, 0.1) is 27.7 Å². The van der Waals surface area contributed by atoms with Crippen LogP contribution in [0.5, 0.6) is 0 Å². The molecule has 0 N–H and O–H groups in total. The average Bonchev–Trinajstić information content (AvgIpc) is 3.07. The van der Waals surface area contributed by atoms with Crippen LogP contribution in [0.1, 0.15) is 38.4 Å². The number of esters is 1. The van der Waals surface area contributed by atoms with E-state index in [0.717, 1.165) is 27.9 Å². The van der Waals surface area contributed by atoms with E-state index in [1.54, 1.807) is 16.8 Å². The SMILES string of the molecule is Cc1cc(C)n(-c2ccc(C(=O)OCc3cc(=O)oc4c(C)c(C)ccc34)cn2)n1. The Morgan fingerprint density at radius 2 is 1.90 bits per heavy atom. The molecule has 0 aliphatic heterocycles. The summed E-state index contributed by atoms with van der Waals surface area (Å²) in [5.74, 6) is 0.0994. The molecule has 30 heavy (non-hydrogen) atoms. The van der Waals surface area contributed by atoms with E-state index >= 15 is 0 Å². The first-order valence-electron chi connectivity index (χ1n) is 9.53. The number of nitrogens with zero attached hydrogens (tertiary/aromatic N) is 3. The number of ether oxygens (including phenoxy) is 1. The van der Waals surface area contributed by atoms with Gasteiger partial charge in [-0.05, 0) is 57.0 Å². The molecular weight excluding hydrogens is 382 g/mol. The van der Waals surface area contributed by atoms with E-state index in [1.807, 2.05) is 45.9 Å². The molecule has 0 bridgehead atoms. The monoisotopic (exact) mass is 403 g/mol. The molecule has 0 aliphatic rings. The molecule has 152 valence electrons. The summed E-state index contributed by atoms with van der Waals surface area (Å²) in [7, 11) is 0. The molecule has 3 aromatic heterocycles. The highest BCUT2D eigenvalue weighted by atomic mass is 16.5. The van der Waals surface area contributed by atoms with Crippen molar-refractivity contribution in [1.29, 1.82) is 0 Å². The highest BCUT2D eigenvalue weighted by Crippen LogP contribution is 2.24. The minimum absolute atomic E-state index is 0.0390. The van der Waals surface area contributed by atoms with Crippen molar-refractivity contribution in [2.45, 2.75) is 34.3 Å². The molecule has 4 rings (SSSR count). The minimum atomic E-state index is -0.521. The molecule has 3 heterocycles. The molecule has 7 nitrogen and oxygen atoms in total. The van der Waals surface area contributed by atoms with Gasteiger partial charge in [0.25, 0.3) is 0 Å². The van der Waals surface area contributed by atoms with Crippen LogP contribution in [0.4, 0.5) is 0 Å². The molecule has 0 atom stereocenters. The second-order valence-electron chi connectivity index (χ2n) is 7.29. The third-order valence-electron chi connectivity index (χ3n) is 5.09. The van der Waals surface area contributed by atoms with Crippen LogP contribution < -0.4 is 5.63 Å². The van der Waals surface area contributed by atoms with E-state index in [9.17, 15) is 9.59 Å². The maximum atomic E-state index is 12.5. The molecule has 0 amide bonds. The number of carbonyl (C=O) groups is 1. The van der Waals surface area contributed by atoms with Gasteiger partial charge in [-0.2, -0.15) is 5.10 Å². The fraction of sp³-hybridized carbons (Fsp3) is 0.217. The largest absolute Gasteiger partial charge is 0.457 e. The number of carbonyl (C=O) groups excluding carboxylic acids is 1. The van der Waals surface area contributed by atoms with Crippen LogP contribution in [0.25, 0.3) is 16.8 Å². The number of pyridine rings is 1. The number of benzene rings is 1. The van der Waals surface area contributed by atoms with Gasteiger partial charge in [-0.3, -0.25) is 0 Å². The molecule has 0 saturated heterocycles. The van der Waals surface area contributed by atoms with Crippen molar-refractivity contribution in [3.8, 4) is 5.82 Å². The van der Waals surface area contributed by atoms with Crippen molar-refractivity contribution in [3.63, 3.8) is 0 Å². The molecular formula is C23H21N3O4. The summed E-state index contributed by atoms with van der Waals surface area (Å²) in [5, 5.41) is 5.13. The zero-order chi connectivity index (χ0) is 21.4. The van der Waals surface area contributed by atoms with Gasteiger partial charge < -0.3 is 9.15 Å². The Labute approximate surface area is 172 Å². The molecule has 0 fully saturated rings. The van der Waals surface area contributed by atoms with E-state index < -0.39 is 11.6 Å². The molecule has 0 saturated carbocycles. The summed E-state index contributed by atoms with van der Waals surface area (Å²) in [6.45, 7) is 7.65. The first-order valence-corrected chi connectivity index (χ1v) is 9.53. The van der Waals surface area contributed by atoms with Crippen molar-refractivity contribution in [2.24, 2.45) is 0 Å². The third kappa shape index (κ3) is 3.61. The van der Waals surface area contributed by atoms with E-state index in [1.165, 1.54) is 12.3 Å². The zero-order valence-corrected chi connectivity index (χ0v) is 17.2. The molecule has 0 radical (unpaired) electrons. The highest BCUT2D eigenvalue weighted by Gasteiger charge is 2.14. The van der Waals surface area contributed by atoms with Gasteiger partial charge in [-0.25, -0.2) is 19.3 Å². The summed E-state index contributed by atoms with van der Waals surface area (Å²) < 4.78 is 12.5. The average molecular weight is 403 g/mol. The Morgan fingerprint density at radius 3 is 2.57 bits per heavy atom. The van der Waals surface area contributed by atoms with Gasteiger partial charge in [0.05, 0.1) is 11.3 Å². The topological polar surface area (TPSA) is 87.2 Å². The molecule has 4 aromatic rings. The maximum Gasteiger partial charge on any atom is 0.340 e. The second kappa shape index (κ2) is 7.59. The summed E-state index contributed by atoms with van der Waals surface area (Å²) in [6, 6.07) is 10.5. The van der Waals surface area contributed by atoms with Gasteiger partial charge in [-0.1, -0.05) is 12.1 Å². The van der Waals surface area contributed by atoms with Crippen LogP contribution >= 0.6 is 0 Å². The van der Waals surface area contributed by atoms with Crippen molar-refractivity contribution >= 4 is 16.9 Å². The number of fused-ring (bicyclic) bond motifs is 1. The Morgan fingerprint density at radius 1 is 1.10 bits per heavy atom. The number of hydrogen-bond acceptors (Lipinski definition) is 6. The smallest absolute Gasteiger partial charge is 0.340 e. The van der Waals surface area contributed by atoms with Gasteiger partial charge in [0.1, 0.15) is 12.2 Å². The molecule has 0 spiro atoms. The van der Waals surface area contributed by atoms with E-state index in [0.29, 0.717) is 22.5 Å². The maximum absolute atomic E-state index is 12.5. The lowest BCUT2D eigenvalue weighted by atomic mass is 10.0. The van der Waals surface area contributed by atoms with Crippen LogP contribution in [0.3, 0.4) is 0 Å². The summed E-state index contributed by atoms with van der Waals surface area (Å²) in [6.07, 6.45) is 1.46. The van der Waals surface area contributed by atoms with Crippen LogP contribution in [-0.2, 0) is 11.3 Å². The predicted octanol–water partition coefficient (Wildman–Crippen LogP) is 3.96. The van der Waals surface area contributed by atoms with Crippen LogP contribution in [-0.4, -0.2) is 20.7 Å². The van der Waals surface area contributed by atoms with Crippen LogP contribution in [0.15, 0.2) is 51.8 Å². The number of rotatable bonds is 4. The van der Waals surface area contributed by atoms with E-state index in [4.69, 9.17) is 9.15 Å². The number of hydrogen-bond donors (Lipinski definition) is 0. The predicted molar refractivity (Wildman–Crippen MR) is 112 cm³/mol. The summed E-state index contributed by atoms with van der Waals surface area (Å²) in [5.41, 5.74) is 4.72. The Balaban J connectivity index is 1.55. The van der Waals surface area contributed by atoms with Crippen LogP contribution in [0.2, 0.25) is 0 Å². The number of aryl methyl sites for hydroxylation is 4. The fourth-order valence-corrected chi connectivity index (χ4v) is 3.36. The quantitative estimate of drug-likeness (QED) is 0.379. The Kier molecular flexibility index (Phi) is 4.95. The van der Waals surface area contributed by atoms with E-state index in [-0.39, 0.29) is 6.61 Å². The fourth-order valence-electron chi connectivity index (χ4n) is 3.36. The van der Waals surface area contributed by atoms with Crippen molar-refractivity contribution in [1.82, 2.24) is 14.8 Å². The first kappa shape index (κ1) is 19.6. The van der Waals surface area contributed by atoms with Crippen molar-refractivity contribution in [3.05, 3.63) is 86.7 Å². The molecule has 0 unspecified atom stereocenters. The number of aromatic nitrogens is 3. The lowest BCUT2D eigenvalue weighted by Gasteiger charge is -2.10. The summed E-state index contributed by atoms with van der Waals surface area (Å²) in [4.78, 5) is 28.8. The third-order valence-corrected chi connectivity index (χ3v) is 5.09. The second-order valence-corrected chi connectivity index (χ2v) is 7.29. The van der Waals surface area contributed by atoms with Gasteiger partial charge in [-0.15, -0.1) is 0 Å². The highest BCUT2D eigenvalue weighted by molar-refractivity contribution is 5.89. The Hall–Kier alpha value is -3.74.